The summed E-state index contributed by atoms with van der Waals surface area (Å²) < 4.78 is 5.01. The number of aliphatic hydroxyl groups is 2. The molecule has 0 bridgehead atoms. The van der Waals surface area contributed by atoms with E-state index in [1.807, 2.05) is 0 Å². The molecule has 0 aromatic carbocycles. The predicted molar refractivity (Wildman–Crippen MR) is 35.4 cm³/mol. The van der Waals surface area contributed by atoms with E-state index in [9.17, 15) is 5.11 Å². The number of nitrogens with two attached hydrogens (primary N) is 1. The third-order valence-corrected chi connectivity index (χ3v) is 1.71. The standard InChI is InChI=1S/C6H13NO3/c1-3(7)6-5(9)4(8)2-10-6/h3-6,8-9H,2,7H2,1H3. The molecule has 1 fully saturated rings. The minimum absolute atomic E-state index is 0.188. The first-order valence-electron chi connectivity index (χ1n) is 3.36. The summed E-state index contributed by atoms with van der Waals surface area (Å²) in [5, 5.41) is 18.2. The molecule has 1 aliphatic rings. The molecule has 10 heavy (non-hydrogen) atoms. The van der Waals surface area contributed by atoms with Crippen molar-refractivity contribution in [2.24, 2.45) is 5.73 Å². The second-order valence-corrected chi connectivity index (χ2v) is 2.72. The van der Waals surface area contributed by atoms with Crippen LogP contribution in [-0.2, 0) is 4.74 Å². The van der Waals surface area contributed by atoms with E-state index in [0.717, 1.165) is 0 Å². The molecule has 4 N–H and O–H groups in total. The van der Waals surface area contributed by atoms with Gasteiger partial charge >= 0.3 is 0 Å². The van der Waals surface area contributed by atoms with E-state index in [2.05, 4.69) is 0 Å². The second-order valence-electron chi connectivity index (χ2n) is 2.72. The van der Waals surface area contributed by atoms with E-state index >= 15 is 0 Å². The van der Waals surface area contributed by atoms with Crippen LogP contribution in [0.3, 0.4) is 0 Å². The third kappa shape index (κ3) is 1.29. The Morgan fingerprint density at radius 2 is 2.20 bits per heavy atom. The fourth-order valence-electron chi connectivity index (χ4n) is 1.09. The van der Waals surface area contributed by atoms with E-state index < -0.39 is 18.3 Å². The number of aliphatic hydroxyl groups excluding tert-OH is 2. The summed E-state index contributed by atoms with van der Waals surface area (Å²) >= 11 is 0. The lowest BCUT2D eigenvalue weighted by atomic mass is 10.1. The van der Waals surface area contributed by atoms with E-state index in [4.69, 9.17) is 15.6 Å². The molecule has 4 nitrogen and oxygen atoms in total. The highest BCUT2D eigenvalue weighted by Gasteiger charge is 2.36. The van der Waals surface area contributed by atoms with E-state index in [1.165, 1.54) is 0 Å². The summed E-state index contributed by atoms with van der Waals surface area (Å²) in [6, 6.07) is -0.229. The molecule has 1 aliphatic heterocycles. The molecule has 1 rings (SSSR count). The maximum absolute atomic E-state index is 9.17. The van der Waals surface area contributed by atoms with Crippen LogP contribution in [0, 0.1) is 0 Å². The predicted octanol–water partition coefficient (Wildman–Crippen LogP) is -1.55. The zero-order valence-corrected chi connectivity index (χ0v) is 5.90. The van der Waals surface area contributed by atoms with Crippen LogP contribution in [-0.4, -0.2) is 41.2 Å². The summed E-state index contributed by atoms with van der Waals surface area (Å²) in [5.41, 5.74) is 5.45. The van der Waals surface area contributed by atoms with Crippen molar-refractivity contribution < 1.29 is 14.9 Å². The Hall–Kier alpha value is -0.160. The van der Waals surface area contributed by atoms with Crippen molar-refractivity contribution in [3.8, 4) is 0 Å². The second kappa shape index (κ2) is 2.84. The molecule has 0 aromatic heterocycles. The van der Waals surface area contributed by atoms with Crippen LogP contribution in [0.4, 0.5) is 0 Å². The van der Waals surface area contributed by atoms with Crippen molar-refractivity contribution >= 4 is 0 Å². The van der Waals surface area contributed by atoms with Gasteiger partial charge < -0.3 is 20.7 Å². The van der Waals surface area contributed by atoms with E-state index in [-0.39, 0.29) is 12.6 Å². The fourth-order valence-corrected chi connectivity index (χ4v) is 1.09. The topological polar surface area (TPSA) is 75.7 Å². The first-order valence-corrected chi connectivity index (χ1v) is 3.36. The molecular formula is C6H13NO3. The molecule has 4 heteroatoms. The maximum Gasteiger partial charge on any atom is 0.110 e. The van der Waals surface area contributed by atoms with Crippen molar-refractivity contribution in [1.82, 2.24) is 0 Å². The summed E-state index contributed by atoms with van der Waals surface area (Å²) in [7, 11) is 0. The van der Waals surface area contributed by atoms with Crippen LogP contribution < -0.4 is 5.73 Å². The fraction of sp³-hybridized carbons (Fsp3) is 1.00. The van der Waals surface area contributed by atoms with Gasteiger partial charge in [0.15, 0.2) is 0 Å². The van der Waals surface area contributed by atoms with Crippen LogP contribution in [0.2, 0.25) is 0 Å². The highest BCUT2D eigenvalue weighted by molar-refractivity contribution is 4.87. The maximum atomic E-state index is 9.17. The Balaban J connectivity index is 2.49. The Morgan fingerprint density at radius 3 is 2.40 bits per heavy atom. The summed E-state index contributed by atoms with van der Waals surface area (Å²) in [6.07, 6.45) is -1.99. The molecule has 0 amide bonds. The van der Waals surface area contributed by atoms with Crippen molar-refractivity contribution in [3.05, 3.63) is 0 Å². The average molecular weight is 147 g/mol. The lowest BCUT2D eigenvalue weighted by Crippen LogP contribution is -2.41. The molecule has 0 aliphatic carbocycles. The number of ether oxygens (including phenoxy) is 1. The third-order valence-electron chi connectivity index (χ3n) is 1.71. The zero-order chi connectivity index (χ0) is 7.72. The molecule has 1 saturated heterocycles. The Bertz CT molecular complexity index is 118. The molecule has 0 saturated carbocycles. The smallest absolute Gasteiger partial charge is 0.110 e. The van der Waals surface area contributed by atoms with Crippen LogP contribution in [0.25, 0.3) is 0 Å². The molecular weight excluding hydrogens is 134 g/mol. The van der Waals surface area contributed by atoms with E-state index in [0.29, 0.717) is 0 Å². The lowest BCUT2D eigenvalue weighted by molar-refractivity contribution is 0.0137. The highest BCUT2D eigenvalue weighted by atomic mass is 16.5. The Kier molecular flexibility index (Phi) is 2.25. The molecule has 0 radical (unpaired) electrons. The van der Waals surface area contributed by atoms with Gasteiger partial charge in [0.25, 0.3) is 0 Å². The van der Waals surface area contributed by atoms with Gasteiger partial charge in [-0.3, -0.25) is 0 Å². The molecule has 60 valence electrons. The molecule has 4 unspecified atom stereocenters. The monoisotopic (exact) mass is 147 g/mol. The van der Waals surface area contributed by atoms with Crippen molar-refractivity contribution in [2.75, 3.05) is 6.61 Å². The van der Waals surface area contributed by atoms with E-state index in [1.54, 1.807) is 6.92 Å². The van der Waals surface area contributed by atoms with Gasteiger partial charge in [-0.25, -0.2) is 0 Å². The Labute approximate surface area is 59.6 Å². The van der Waals surface area contributed by atoms with Gasteiger partial charge in [-0.2, -0.15) is 0 Å². The van der Waals surface area contributed by atoms with Crippen LogP contribution >= 0.6 is 0 Å². The summed E-state index contributed by atoms with van der Waals surface area (Å²) in [4.78, 5) is 0. The lowest BCUT2D eigenvalue weighted by Gasteiger charge is -2.17. The number of rotatable bonds is 1. The molecule has 4 atom stereocenters. The van der Waals surface area contributed by atoms with Gasteiger partial charge in [0.05, 0.1) is 6.61 Å². The van der Waals surface area contributed by atoms with Gasteiger partial charge in [-0.15, -0.1) is 0 Å². The Morgan fingerprint density at radius 1 is 1.60 bits per heavy atom. The zero-order valence-electron chi connectivity index (χ0n) is 5.90. The van der Waals surface area contributed by atoms with Crippen molar-refractivity contribution in [2.45, 2.75) is 31.3 Å². The first-order chi connectivity index (χ1) is 4.63. The minimum atomic E-state index is -0.819. The van der Waals surface area contributed by atoms with Gasteiger partial charge in [-0.1, -0.05) is 0 Å². The van der Waals surface area contributed by atoms with Crippen LogP contribution in [0.5, 0.6) is 0 Å². The summed E-state index contributed by atoms with van der Waals surface area (Å²) in [5.74, 6) is 0. The number of hydrogen-bond donors (Lipinski definition) is 3. The first kappa shape index (κ1) is 7.94. The van der Waals surface area contributed by atoms with Crippen LogP contribution in [0.1, 0.15) is 6.92 Å². The normalized spacial score (nSPS) is 43.8. The number of hydrogen-bond acceptors (Lipinski definition) is 4. The SMILES string of the molecule is CC(N)C1OCC(O)C1O. The van der Waals surface area contributed by atoms with Gasteiger partial charge in [-0.05, 0) is 6.92 Å². The van der Waals surface area contributed by atoms with Gasteiger partial charge in [0.2, 0.25) is 0 Å². The average Bonchev–Trinajstić information content (AvgIpc) is 2.14. The molecule has 0 spiro atoms. The summed E-state index contributed by atoms with van der Waals surface area (Å²) in [6.45, 7) is 1.93. The van der Waals surface area contributed by atoms with Crippen LogP contribution in [0.15, 0.2) is 0 Å². The minimum Gasteiger partial charge on any atom is -0.388 e. The van der Waals surface area contributed by atoms with Gasteiger partial charge in [0, 0.05) is 6.04 Å². The molecule has 1 heterocycles. The van der Waals surface area contributed by atoms with Crippen molar-refractivity contribution in [1.29, 1.82) is 0 Å². The van der Waals surface area contributed by atoms with Gasteiger partial charge in [0.1, 0.15) is 18.3 Å². The quantitative estimate of drug-likeness (QED) is 0.420. The van der Waals surface area contributed by atoms with Crippen molar-refractivity contribution in [3.63, 3.8) is 0 Å². The molecule has 0 aromatic rings. The largest absolute Gasteiger partial charge is 0.388 e. The highest BCUT2D eigenvalue weighted by Crippen LogP contribution is 2.15.